The van der Waals surface area contributed by atoms with Crippen LogP contribution >= 0.6 is 11.6 Å². The molecule has 0 aliphatic carbocycles. The molecule has 1 unspecified atom stereocenters. The van der Waals surface area contributed by atoms with E-state index in [0.717, 1.165) is 0 Å². The third-order valence-corrected chi connectivity index (χ3v) is 1.27. The van der Waals surface area contributed by atoms with Gasteiger partial charge in [-0.05, 0) is 6.42 Å². The molecule has 1 heteroatoms. The second-order valence-electron chi connectivity index (χ2n) is 2.14. The second-order valence-corrected chi connectivity index (χ2v) is 2.41. The van der Waals surface area contributed by atoms with Gasteiger partial charge in [0.05, 0.1) is 5.88 Å². The molecular weight excluding hydrogens is 132 g/mol. The predicted molar refractivity (Wildman–Crippen MR) is 42.6 cm³/mol. The van der Waals surface area contributed by atoms with Crippen LogP contribution in [0.2, 0.25) is 0 Å². The Hall–Kier alpha value is -0.150. The lowest BCUT2D eigenvalue weighted by Crippen LogP contribution is -1.87. The zero-order valence-corrected chi connectivity index (χ0v) is 6.83. The Morgan fingerprint density at radius 1 is 1.56 bits per heavy atom. The van der Waals surface area contributed by atoms with E-state index in [1.807, 2.05) is 0 Å². The molecule has 0 bridgehead atoms. The van der Waals surface area contributed by atoms with Crippen molar-refractivity contribution in [2.45, 2.75) is 26.7 Å². The van der Waals surface area contributed by atoms with Crippen molar-refractivity contribution in [2.24, 2.45) is 5.92 Å². The second kappa shape index (κ2) is 5.98. The molecule has 1 atom stereocenters. The van der Waals surface area contributed by atoms with Crippen LogP contribution in [0.3, 0.4) is 0 Å². The van der Waals surface area contributed by atoms with Gasteiger partial charge >= 0.3 is 0 Å². The van der Waals surface area contributed by atoms with E-state index >= 15 is 0 Å². The van der Waals surface area contributed by atoms with Gasteiger partial charge in [0.2, 0.25) is 0 Å². The van der Waals surface area contributed by atoms with E-state index in [-0.39, 0.29) is 0 Å². The van der Waals surface area contributed by atoms with Crippen LogP contribution in [0, 0.1) is 17.8 Å². The summed E-state index contributed by atoms with van der Waals surface area (Å²) in [5.74, 6) is 6.89. The van der Waals surface area contributed by atoms with Crippen molar-refractivity contribution in [3.63, 3.8) is 0 Å². The van der Waals surface area contributed by atoms with Crippen molar-refractivity contribution in [2.75, 3.05) is 5.88 Å². The number of hydrogen-bond donors (Lipinski definition) is 0. The normalized spacial score (nSPS) is 11.9. The number of hydrogen-bond acceptors (Lipinski definition) is 0. The number of rotatable bonds is 2. The maximum absolute atomic E-state index is 5.37. The van der Waals surface area contributed by atoms with Crippen LogP contribution in [0.25, 0.3) is 0 Å². The molecule has 0 fully saturated rings. The summed E-state index contributed by atoms with van der Waals surface area (Å²) in [6.07, 6.45) is 2.39. The fraction of sp³-hybridized carbons (Fsp3) is 0.750. The fourth-order valence-electron chi connectivity index (χ4n) is 0.718. The highest BCUT2D eigenvalue weighted by molar-refractivity contribution is 6.19. The lowest BCUT2D eigenvalue weighted by Gasteiger charge is -1.96. The third-order valence-electron chi connectivity index (χ3n) is 1.14. The Morgan fingerprint density at radius 3 is 2.67 bits per heavy atom. The maximum Gasteiger partial charge on any atom is 0.0835 e. The molecule has 52 valence electrons. The minimum atomic E-state index is 0.466. The first-order valence-electron chi connectivity index (χ1n) is 3.35. The number of halogens is 1. The van der Waals surface area contributed by atoms with Gasteiger partial charge in [0.25, 0.3) is 0 Å². The van der Waals surface area contributed by atoms with Crippen molar-refractivity contribution < 1.29 is 0 Å². The average molecular weight is 145 g/mol. The predicted octanol–water partition coefficient (Wildman–Crippen LogP) is 2.66. The van der Waals surface area contributed by atoms with Gasteiger partial charge < -0.3 is 0 Å². The minimum Gasteiger partial charge on any atom is -0.113 e. The highest BCUT2D eigenvalue weighted by Crippen LogP contribution is 2.01. The molecule has 0 radical (unpaired) electrons. The van der Waals surface area contributed by atoms with Gasteiger partial charge in [0, 0.05) is 5.92 Å². The largest absolute Gasteiger partial charge is 0.113 e. The summed E-state index contributed by atoms with van der Waals surface area (Å²) in [5.41, 5.74) is 0. The molecule has 0 saturated carbocycles. The molecule has 0 aromatic heterocycles. The standard InChI is InChI=1S/C8H13Cl/c1-3-5-8(2)6-4-7-9/h8H,3,5,7H2,1-2H3. The van der Waals surface area contributed by atoms with E-state index in [2.05, 4.69) is 25.7 Å². The monoisotopic (exact) mass is 144 g/mol. The Kier molecular flexibility index (Phi) is 5.88. The zero-order valence-electron chi connectivity index (χ0n) is 6.08. The van der Waals surface area contributed by atoms with E-state index in [1.54, 1.807) is 0 Å². The molecule has 0 aliphatic heterocycles. The Morgan fingerprint density at radius 2 is 2.22 bits per heavy atom. The van der Waals surface area contributed by atoms with Crippen molar-refractivity contribution in [1.29, 1.82) is 0 Å². The highest BCUT2D eigenvalue weighted by Gasteiger charge is 1.91. The van der Waals surface area contributed by atoms with E-state index < -0.39 is 0 Å². The first kappa shape index (κ1) is 8.85. The first-order valence-corrected chi connectivity index (χ1v) is 3.89. The molecule has 0 amide bonds. The minimum absolute atomic E-state index is 0.466. The third kappa shape index (κ3) is 5.73. The fourth-order valence-corrected chi connectivity index (χ4v) is 0.795. The van der Waals surface area contributed by atoms with Gasteiger partial charge in [-0.3, -0.25) is 0 Å². The molecule has 0 spiro atoms. The van der Waals surface area contributed by atoms with Gasteiger partial charge in [-0.25, -0.2) is 0 Å². The Labute approximate surface area is 62.6 Å². The van der Waals surface area contributed by atoms with Gasteiger partial charge in [0.15, 0.2) is 0 Å². The van der Waals surface area contributed by atoms with E-state index in [0.29, 0.717) is 11.8 Å². The maximum atomic E-state index is 5.37. The molecule has 0 N–H and O–H groups in total. The lowest BCUT2D eigenvalue weighted by molar-refractivity contribution is 0.653. The smallest absolute Gasteiger partial charge is 0.0835 e. The molecule has 0 aromatic rings. The summed E-state index contributed by atoms with van der Waals surface area (Å²) < 4.78 is 0. The topological polar surface area (TPSA) is 0 Å². The Bertz CT molecular complexity index is 107. The van der Waals surface area contributed by atoms with Crippen molar-refractivity contribution in [1.82, 2.24) is 0 Å². The molecule has 0 nitrogen and oxygen atoms in total. The van der Waals surface area contributed by atoms with Crippen molar-refractivity contribution >= 4 is 11.6 Å². The van der Waals surface area contributed by atoms with E-state index in [4.69, 9.17) is 11.6 Å². The molecule has 0 rings (SSSR count). The molecule has 0 heterocycles. The quantitative estimate of drug-likeness (QED) is 0.413. The molecule has 0 aliphatic rings. The summed E-state index contributed by atoms with van der Waals surface area (Å²) in [6.45, 7) is 4.29. The van der Waals surface area contributed by atoms with Gasteiger partial charge in [-0.1, -0.05) is 32.1 Å². The zero-order chi connectivity index (χ0) is 7.11. The summed E-state index contributed by atoms with van der Waals surface area (Å²) in [5, 5.41) is 0. The average Bonchev–Trinajstić information content (AvgIpc) is 1.85. The SMILES string of the molecule is CCCC(C)C#CCCl. The van der Waals surface area contributed by atoms with Crippen molar-refractivity contribution in [3.05, 3.63) is 0 Å². The van der Waals surface area contributed by atoms with Crippen molar-refractivity contribution in [3.8, 4) is 11.8 Å². The molecule has 9 heavy (non-hydrogen) atoms. The van der Waals surface area contributed by atoms with Crippen LogP contribution in [0.15, 0.2) is 0 Å². The van der Waals surface area contributed by atoms with Crippen LogP contribution in [-0.4, -0.2) is 5.88 Å². The highest BCUT2D eigenvalue weighted by atomic mass is 35.5. The van der Waals surface area contributed by atoms with Gasteiger partial charge in [0.1, 0.15) is 0 Å². The van der Waals surface area contributed by atoms with E-state index in [1.165, 1.54) is 12.8 Å². The van der Waals surface area contributed by atoms with Crippen LogP contribution in [0.5, 0.6) is 0 Å². The Balaban J connectivity index is 3.36. The number of alkyl halides is 1. The van der Waals surface area contributed by atoms with Crippen LogP contribution < -0.4 is 0 Å². The summed E-state index contributed by atoms with van der Waals surface area (Å²) in [6, 6.07) is 0. The molecular formula is C8H13Cl. The van der Waals surface area contributed by atoms with Crippen LogP contribution in [-0.2, 0) is 0 Å². The summed E-state index contributed by atoms with van der Waals surface area (Å²) in [7, 11) is 0. The summed E-state index contributed by atoms with van der Waals surface area (Å²) in [4.78, 5) is 0. The molecule has 0 saturated heterocycles. The van der Waals surface area contributed by atoms with Gasteiger partial charge in [-0.15, -0.1) is 11.6 Å². The lowest BCUT2D eigenvalue weighted by atomic mass is 10.1. The first-order chi connectivity index (χ1) is 4.31. The van der Waals surface area contributed by atoms with Crippen LogP contribution in [0.4, 0.5) is 0 Å². The molecule has 0 aromatic carbocycles. The van der Waals surface area contributed by atoms with Crippen LogP contribution in [0.1, 0.15) is 26.7 Å². The van der Waals surface area contributed by atoms with E-state index in [9.17, 15) is 0 Å². The van der Waals surface area contributed by atoms with Gasteiger partial charge in [-0.2, -0.15) is 0 Å². The summed E-state index contributed by atoms with van der Waals surface area (Å²) >= 11 is 5.37.